The quantitative estimate of drug-likeness (QED) is 0.534. The molecule has 1 rings (SSSR count). The minimum atomic E-state index is -0.849. The number of nitro groups is 1. The van der Waals surface area contributed by atoms with Gasteiger partial charge in [-0.3, -0.25) is 15.0 Å². The fourth-order valence-corrected chi connectivity index (χ4v) is 2.23. The van der Waals surface area contributed by atoms with Crippen LogP contribution in [0.5, 0.6) is 0 Å². The van der Waals surface area contributed by atoms with Crippen molar-refractivity contribution in [2.75, 3.05) is 33.7 Å². The molecule has 5 heteroatoms. The van der Waals surface area contributed by atoms with E-state index in [-0.39, 0.29) is 4.92 Å². The van der Waals surface area contributed by atoms with Gasteiger partial charge in [-0.25, -0.2) is 0 Å². The monoisotopic (exact) mass is 229 g/mol. The maximum atomic E-state index is 10.9. The number of hydrogen-bond donors (Lipinski definition) is 0. The summed E-state index contributed by atoms with van der Waals surface area (Å²) in [5.74, 6) is 0. The van der Waals surface area contributed by atoms with Gasteiger partial charge in [-0.05, 0) is 40.0 Å². The lowest BCUT2D eigenvalue weighted by atomic mass is 10.0. The number of piperidine rings is 1. The van der Waals surface area contributed by atoms with E-state index < -0.39 is 5.54 Å². The second-order valence-electron chi connectivity index (χ2n) is 5.52. The SMILES string of the molecule is CN1CCC(N(C)CC(C)(C)[N+](=O)[O-])CC1. The molecule has 0 bridgehead atoms. The van der Waals surface area contributed by atoms with Gasteiger partial charge in [0.15, 0.2) is 0 Å². The summed E-state index contributed by atoms with van der Waals surface area (Å²) < 4.78 is 0. The summed E-state index contributed by atoms with van der Waals surface area (Å²) in [4.78, 5) is 15.1. The normalized spacial score (nSPS) is 20.3. The van der Waals surface area contributed by atoms with E-state index in [1.54, 1.807) is 13.8 Å². The summed E-state index contributed by atoms with van der Waals surface area (Å²) in [5, 5.41) is 10.9. The van der Waals surface area contributed by atoms with Crippen LogP contribution in [0, 0.1) is 10.1 Å². The van der Waals surface area contributed by atoms with Gasteiger partial charge in [-0.2, -0.15) is 0 Å². The first-order valence-electron chi connectivity index (χ1n) is 5.86. The highest BCUT2D eigenvalue weighted by atomic mass is 16.6. The molecule has 5 nitrogen and oxygen atoms in total. The van der Waals surface area contributed by atoms with Crippen LogP contribution in [0.4, 0.5) is 0 Å². The Labute approximate surface area is 97.6 Å². The number of likely N-dealkylation sites (N-methyl/N-ethyl adjacent to an activating group) is 1. The average molecular weight is 229 g/mol. The van der Waals surface area contributed by atoms with Crippen molar-refractivity contribution in [3.8, 4) is 0 Å². The molecule has 0 atom stereocenters. The Morgan fingerprint density at radius 1 is 1.44 bits per heavy atom. The van der Waals surface area contributed by atoms with Crippen molar-refractivity contribution >= 4 is 0 Å². The van der Waals surface area contributed by atoms with Crippen LogP contribution < -0.4 is 0 Å². The summed E-state index contributed by atoms with van der Waals surface area (Å²) in [6.45, 7) is 6.09. The van der Waals surface area contributed by atoms with Crippen molar-refractivity contribution in [1.82, 2.24) is 9.80 Å². The highest BCUT2D eigenvalue weighted by molar-refractivity contribution is 4.81. The van der Waals surface area contributed by atoms with Crippen LogP contribution in [-0.4, -0.2) is 60.0 Å². The van der Waals surface area contributed by atoms with E-state index in [1.807, 2.05) is 7.05 Å². The molecular weight excluding hydrogens is 206 g/mol. The van der Waals surface area contributed by atoms with Crippen molar-refractivity contribution in [1.29, 1.82) is 0 Å². The van der Waals surface area contributed by atoms with Gasteiger partial charge >= 0.3 is 0 Å². The lowest BCUT2D eigenvalue weighted by Crippen LogP contribution is -2.49. The third-order valence-electron chi connectivity index (χ3n) is 3.44. The first-order valence-corrected chi connectivity index (χ1v) is 5.86. The predicted molar refractivity (Wildman–Crippen MR) is 64.2 cm³/mol. The standard InChI is InChI=1S/C11H23N3O2/c1-11(2,14(15)16)9-13(4)10-5-7-12(3)8-6-10/h10H,5-9H2,1-4H3. The van der Waals surface area contributed by atoms with Gasteiger partial charge in [-0.15, -0.1) is 0 Å². The molecule has 1 aliphatic rings. The molecular formula is C11H23N3O2. The van der Waals surface area contributed by atoms with E-state index >= 15 is 0 Å². The lowest BCUT2D eigenvalue weighted by molar-refractivity contribution is -0.561. The molecule has 0 amide bonds. The minimum Gasteiger partial charge on any atom is -0.306 e. The molecule has 0 unspecified atom stereocenters. The van der Waals surface area contributed by atoms with Gasteiger partial charge in [0.1, 0.15) is 0 Å². The molecule has 0 spiro atoms. The zero-order chi connectivity index (χ0) is 12.3. The minimum absolute atomic E-state index is 0.182. The maximum absolute atomic E-state index is 10.9. The van der Waals surface area contributed by atoms with E-state index in [0.717, 1.165) is 25.9 Å². The first kappa shape index (κ1) is 13.4. The fourth-order valence-electron chi connectivity index (χ4n) is 2.23. The van der Waals surface area contributed by atoms with Gasteiger partial charge in [-0.1, -0.05) is 0 Å². The first-order chi connectivity index (χ1) is 7.33. The summed E-state index contributed by atoms with van der Waals surface area (Å²) in [5.41, 5.74) is -0.849. The summed E-state index contributed by atoms with van der Waals surface area (Å²) >= 11 is 0. The summed E-state index contributed by atoms with van der Waals surface area (Å²) in [7, 11) is 4.12. The van der Waals surface area contributed by atoms with Crippen LogP contribution >= 0.6 is 0 Å². The highest BCUT2D eigenvalue weighted by Gasteiger charge is 2.34. The van der Waals surface area contributed by atoms with Crippen LogP contribution in [-0.2, 0) is 0 Å². The molecule has 1 aliphatic heterocycles. The van der Waals surface area contributed by atoms with Crippen molar-refractivity contribution in [3.63, 3.8) is 0 Å². The Balaban J connectivity index is 2.46. The number of hydrogen-bond acceptors (Lipinski definition) is 4. The van der Waals surface area contributed by atoms with E-state index in [0.29, 0.717) is 12.6 Å². The Kier molecular flexibility index (Phi) is 4.27. The number of nitrogens with zero attached hydrogens (tertiary/aromatic N) is 3. The van der Waals surface area contributed by atoms with Gasteiger partial charge < -0.3 is 4.90 Å². The van der Waals surface area contributed by atoms with Crippen LogP contribution in [0.15, 0.2) is 0 Å². The van der Waals surface area contributed by atoms with Gasteiger partial charge in [0.25, 0.3) is 0 Å². The fraction of sp³-hybridized carbons (Fsp3) is 1.00. The summed E-state index contributed by atoms with van der Waals surface area (Å²) in [6.07, 6.45) is 2.22. The molecule has 1 saturated heterocycles. The second kappa shape index (κ2) is 5.10. The van der Waals surface area contributed by atoms with Gasteiger partial charge in [0.2, 0.25) is 5.54 Å². The van der Waals surface area contributed by atoms with Crippen molar-refractivity contribution < 1.29 is 4.92 Å². The van der Waals surface area contributed by atoms with Crippen molar-refractivity contribution in [3.05, 3.63) is 10.1 Å². The molecule has 0 aromatic heterocycles. The third-order valence-corrected chi connectivity index (χ3v) is 3.44. The Morgan fingerprint density at radius 2 is 1.94 bits per heavy atom. The molecule has 16 heavy (non-hydrogen) atoms. The van der Waals surface area contributed by atoms with E-state index in [2.05, 4.69) is 16.8 Å². The Bertz CT molecular complexity index is 248. The molecule has 0 N–H and O–H groups in total. The van der Waals surface area contributed by atoms with E-state index in [4.69, 9.17) is 0 Å². The zero-order valence-corrected chi connectivity index (χ0v) is 10.8. The smallest absolute Gasteiger partial charge is 0.229 e. The molecule has 1 heterocycles. The predicted octanol–water partition coefficient (Wildman–Crippen LogP) is 1.07. The number of likely N-dealkylation sites (tertiary alicyclic amines) is 1. The van der Waals surface area contributed by atoms with E-state index in [9.17, 15) is 10.1 Å². The molecule has 0 aliphatic carbocycles. The molecule has 0 aromatic rings. The molecule has 0 saturated carbocycles. The molecule has 1 fully saturated rings. The van der Waals surface area contributed by atoms with Gasteiger partial charge in [0.05, 0.1) is 6.54 Å². The van der Waals surface area contributed by atoms with E-state index in [1.165, 1.54) is 0 Å². The average Bonchev–Trinajstić information content (AvgIpc) is 2.17. The Hall–Kier alpha value is -0.680. The molecule has 94 valence electrons. The lowest BCUT2D eigenvalue weighted by Gasteiger charge is -2.36. The van der Waals surface area contributed by atoms with Gasteiger partial charge in [0, 0.05) is 24.8 Å². The topological polar surface area (TPSA) is 49.6 Å². The van der Waals surface area contributed by atoms with Crippen LogP contribution in [0.1, 0.15) is 26.7 Å². The van der Waals surface area contributed by atoms with Crippen LogP contribution in [0.25, 0.3) is 0 Å². The van der Waals surface area contributed by atoms with Crippen molar-refractivity contribution in [2.24, 2.45) is 0 Å². The highest BCUT2D eigenvalue weighted by Crippen LogP contribution is 2.17. The third kappa shape index (κ3) is 3.42. The summed E-state index contributed by atoms with van der Waals surface area (Å²) in [6, 6.07) is 0.496. The van der Waals surface area contributed by atoms with Crippen LogP contribution in [0.3, 0.4) is 0 Å². The molecule has 0 aromatic carbocycles. The largest absolute Gasteiger partial charge is 0.306 e. The van der Waals surface area contributed by atoms with Crippen molar-refractivity contribution in [2.45, 2.75) is 38.3 Å². The van der Waals surface area contributed by atoms with Crippen LogP contribution in [0.2, 0.25) is 0 Å². The maximum Gasteiger partial charge on any atom is 0.229 e. The second-order valence-corrected chi connectivity index (χ2v) is 5.52. The number of rotatable bonds is 4. The Morgan fingerprint density at radius 3 is 2.38 bits per heavy atom. The zero-order valence-electron chi connectivity index (χ0n) is 10.8. The molecule has 0 radical (unpaired) electrons.